The third-order valence-electron chi connectivity index (χ3n) is 2.99. The Kier molecular flexibility index (Phi) is 6.59. The lowest BCUT2D eigenvalue weighted by atomic mass is 10.1. The second kappa shape index (κ2) is 7.54. The molecule has 0 saturated carbocycles. The highest BCUT2D eigenvalue weighted by molar-refractivity contribution is 7.89. The van der Waals surface area contributed by atoms with Gasteiger partial charge in [0.2, 0.25) is 10.0 Å². The summed E-state index contributed by atoms with van der Waals surface area (Å²) in [5, 5.41) is 5.01. The van der Waals surface area contributed by atoms with E-state index in [2.05, 4.69) is 18.8 Å². The number of rotatable bonds is 8. The standard InChI is InChI=1S/C15H26N2O2S2/c1-6-8-16-11-13-10-14(12-20-13)21(18,19)17(9-7-2)15(3,4)5/h7,10,12,16H,2,6,8-9,11H2,1,3-5H3. The zero-order valence-corrected chi connectivity index (χ0v) is 15.0. The van der Waals surface area contributed by atoms with Gasteiger partial charge < -0.3 is 5.32 Å². The van der Waals surface area contributed by atoms with Gasteiger partial charge in [-0.3, -0.25) is 0 Å². The molecule has 0 spiro atoms. The van der Waals surface area contributed by atoms with Gasteiger partial charge in [-0.05, 0) is 39.8 Å². The molecule has 120 valence electrons. The molecule has 4 nitrogen and oxygen atoms in total. The fraction of sp³-hybridized carbons (Fsp3) is 0.600. The van der Waals surface area contributed by atoms with Crippen LogP contribution in [0.15, 0.2) is 29.0 Å². The number of hydrogen-bond acceptors (Lipinski definition) is 4. The van der Waals surface area contributed by atoms with E-state index < -0.39 is 15.6 Å². The predicted molar refractivity (Wildman–Crippen MR) is 90.2 cm³/mol. The van der Waals surface area contributed by atoms with Crippen LogP contribution in [0.4, 0.5) is 0 Å². The van der Waals surface area contributed by atoms with Crippen LogP contribution in [0.5, 0.6) is 0 Å². The fourth-order valence-electron chi connectivity index (χ4n) is 1.95. The molecule has 0 amide bonds. The molecule has 1 heterocycles. The number of nitrogens with one attached hydrogen (secondary N) is 1. The molecular formula is C15H26N2O2S2. The number of thiophene rings is 1. The summed E-state index contributed by atoms with van der Waals surface area (Å²) in [6.45, 7) is 13.4. The van der Waals surface area contributed by atoms with Crippen molar-refractivity contribution in [2.45, 2.75) is 51.1 Å². The molecule has 1 aromatic heterocycles. The van der Waals surface area contributed by atoms with Crippen LogP contribution in [-0.4, -0.2) is 31.4 Å². The van der Waals surface area contributed by atoms with E-state index in [-0.39, 0.29) is 0 Å². The maximum Gasteiger partial charge on any atom is 0.244 e. The van der Waals surface area contributed by atoms with Gasteiger partial charge >= 0.3 is 0 Å². The van der Waals surface area contributed by atoms with Crippen molar-refractivity contribution in [3.05, 3.63) is 29.0 Å². The minimum atomic E-state index is -3.49. The zero-order valence-electron chi connectivity index (χ0n) is 13.3. The van der Waals surface area contributed by atoms with Crippen LogP contribution in [0.2, 0.25) is 0 Å². The Hall–Kier alpha value is -0.690. The van der Waals surface area contributed by atoms with Crippen LogP contribution in [-0.2, 0) is 16.6 Å². The van der Waals surface area contributed by atoms with Gasteiger partial charge in [-0.2, -0.15) is 4.31 Å². The normalized spacial score (nSPS) is 12.8. The summed E-state index contributed by atoms with van der Waals surface area (Å²) in [5.41, 5.74) is -0.477. The summed E-state index contributed by atoms with van der Waals surface area (Å²) in [5.74, 6) is 0. The third kappa shape index (κ3) is 4.92. The number of hydrogen-bond donors (Lipinski definition) is 1. The van der Waals surface area contributed by atoms with Crippen molar-refractivity contribution in [1.29, 1.82) is 0 Å². The second-order valence-corrected chi connectivity index (χ2v) is 8.78. The Morgan fingerprint density at radius 1 is 1.43 bits per heavy atom. The van der Waals surface area contributed by atoms with Crippen LogP contribution in [0.25, 0.3) is 0 Å². The first kappa shape index (κ1) is 18.4. The minimum absolute atomic E-state index is 0.311. The summed E-state index contributed by atoms with van der Waals surface area (Å²) in [7, 11) is -3.49. The maximum absolute atomic E-state index is 12.8. The molecule has 0 unspecified atom stereocenters. The van der Waals surface area contributed by atoms with Crippen LogP contribution in [0.1, 0.15) is 39.0 Å². The van der Waals surface area contributed by atoms with E-state index >= 15 is 0 Å². The van der Waals surface area contributed by atoms with Gasteiger partial charge in [0.1, 0.15) is 0 Å². The second-order valence-electron chi connectivity index (χ2n) is 5.92. The molecule has 0 saturated heterocycles. The van der Waals surface area contributed by atoms with Crippen LogP contribution < -0.4 is 5.32 Å². The Balaban J connectivity index is 2.98. The van der Waals surface area contributed by atoms with Crippen molar-refractivity contribution in [1.82, 2.24) is 9.62 Å². The highest BCUT2D eigenvalue weighted by atomic mass is 32.2. The summed E-state index contributed by atoms with van der Waals surface area (Å²) >= 11 is 1.48. The lowest BCUT2D eigenvalue weighted by Crippen LogP contribution is -2.45. The van der Waals surface area contributed by atoms with Crippen molar-refractivity contribution in [3.8, 4) is 0 Å². The Morgan fingerprint density at radius 3 is 2.62 bits per heavy atom. The SMILES string of the molecule is C=CCN(C(C)(C)C)S(=O)(=O)c1csc(CNCCC)c1. The average Bonchev–Trinajstić information content (AvgIpc) is 2.84. The highest BCUT2D eigenvalue weighted by Crippen LogP contribution is 2.27. The van der Waals surface area contributed by atoms with Gasteiger partial charge in [0, 0.05) is 28.9 Å². The van der Waals surface area contributed by atoms with Crippen LogP contribution in [0, 0.1) is 0 Å². The molecule has 0 fully saturated rings. The van der Waals surface area contributed by atoms with Crippen LogP contribution in [0.3, 0.4) is 0 Å². The van der Waals surface area contributed by atoms with Crippen molar-refractivity contribution < 1.29 is 8.42 Å². The first-order valence-corrected chi connectivity index (χ1v) is 9.47. The zero-order chi connectivity index (χ0) is 16.1. The van der Waals surface area contributed by atoms with Crippen molar-refractivity contribution >= 4 is 21.4 Å². The molecule has 1 N–H and O–H groups in total. The Bertz CT molecular complexity index is 556. The highest BCUT2D eigenvalue weighted by Gasteiger charge is 2.33. The summed E-state index contributed by atoms with van der Waals surface area (Å²) in [4.78, 5) is 1.41. The Labute approximate surface area is 132 Å². The van der Waals surface area contributed by atoms with Gasteiger partial charge in [0.25, 0.3) is 0 Å². The molecule has 0 atom stereocenters. The van der Waals surface area contributed by atoms with Gasteiger partial charge in [0.15, 0.2) is 0 Å². The number of sulfonamides is 1. The van der Waals surface area contributed by atoms with Crippen molar-refractivity contribution in [2.75, 3.05) is 13.1 Å². The van der Waals surface area contributed by atoms with Crippen LogP contribution >= 0.6 is 11.3 Å². The molecular weight excluding hydrogens is 304 g/mol. The average molecular weight is 331 g/mol. The van der Waals surface area contributed by atoms with E-state index in [0.717, 1.165) is 17.8 Å². The quantitative estimate of drug-likeness (QED) is 0.588. The first-order chi connectivity index (χ1) is 9.73. The topological polar surface area (TPSA) is 49.4 Å². The number of nitrogens with zero attached hydrogens (tertiary/aromatic N) is 1. The van der Waals surface area contributed by atoms with E-state index in [1.165, 1.54) is 15.6 Å². The molecule has 0 aliphatic heterocycles. The molecule has 21 heavy (non-hydrogen) atoms. The van der Waals surface area contributed by atoms with Gasteiger partial charge in [-0.15, -0.1) is 17.9 Å². The van der Waals surface area contributed by atoms with Gasteiger partial charge in [0.05, 0.1) is 4.90 Å². The summed E-state index contributed by atoms with van der Waals surface area (Å²) < 4.78 is 27.0. The lowest BCUT2D eigenvalue weighted by molar-refractivity contribution is 0.270. The van der Waals surface area contributed by atoms with E-state index in [1.807, 2.05) is 20.8 Å². The smallest absolute Gasteiger partial charge is 0.244 e. The predicted octanol–water partition coefficient (Wildman–Crippen LogP) is 3.22. The maximum atomic E-state index is 12.8. The molecule has 1 aromatic rings. The van der Waals surface area contributed by atoms with Gasteiger partial charge in [-0.25, -0.2) is 8.42 Å². The van der Waals surface area contributed by atoms with E-state index in [1.54, 1.807) is 17.5 Å². The van der Waals surface area contributed by atoms with Crippen molar-refractivity contribution in [2.24, 2.45) is 0 Å². The van der Waals surface area contributed by atoms with Gasteiger partial charge in [-0.1, -0.05) is 13.0 Å². The first-order valence-electron chi connectivity index (χ1n) is 7.15. The molecule has 0 aromatic carbocycles. The molecule has 6 heteroatoms. The third-order valence-corrected chi connectivity index (χ3v) is 6.18. The molecule has 0 aliphatic carbocycles. The largest absolute Gasteiger partial charge is 0.312 e. The molecule has 0 bridgehead atoms. The van der Waals surface area contributed by atoms with E-state index in [4.69, 9.17) is 0 Å². The van der Waals surface area contributed by atoms with Crippen molar-refractivity contribution in [3.63, 3.8) is 0 Å². The Morgan fingerprint density at radius 2 is 2.10 bits per heavy atom. The minimum Gasteiger partial charge on any atom is -0.312 e. The lowest BCUT2D eigenvalue weighted by Gasteiger charge is -2.33. The fourth-order valence-corrected chi connectivity index (χ4v) is 4.94. The van der Waals surface area contributed by atoms with E-state index in [9.17, 15) is 8.42 Å². The summed E-state index contributed by atoms with van der Waals surface area (Å²) in [6, 6.07) is 1.77. The van der Waals surface area contributed by atoms with E-state index in [0.29, 0.717) is 18.0 Å². The molecule has 0 radical (unpaired) electrons. The molecule has 0 aliphatic rings. The summed E-state index contributed by atoms with van der Waals surface area (Å²) in [6.07, 6.45) is 2.69. The monoisotopic (exact) mass is 330 g/mol. The molecule has 1 rings (SSSR count).